The largest absolute Gasteiger partial charge is 0.341 e. The molecule has 0 bridgehead atoms. The maximum atomic E-state index is 3.84. The van der Waals surface area contributed by atoms with Gasteiger partial charge >= 0.3 is 0 Å². The molecule has 13 heavy (non-hydrogen) atoms. The maximum absolute atomic E-state index is 3.84. The molecule has 1 heteroatoms. The average molecular weight is 249 g/mol. The van der Waals surface area contributed by atoms with Crippen LogP contribution in [-0.4, -0.2) is 0 Å². The SMILES string of the molecule is [CH2-]Cc1[c-]c(CC(C)C)ccc1.[Y]. The van der Waals surface area contributed by atoms with Gasteiger partial charge in [-0.05, 0) is 12.3 Å². The smallest absolute Gasteiger partial charge is 0 e. The van der Waals surface area contributed by atoms with Crippen LogP contribution in [-0.2, 0) is 45.6 Å². The van der Waals surface area contributed by atoms with E-state index in [9.17, 15) is 0 Å². The zero-order valence-electron chi connectivity index (χ0n) is 8.51. The Kier molecular flexibility index (Phi) is 6.90. The van der Waals surface area contributed by atoms with Gasteiger partial charge in [-0.3, -0.25) is 0 Å². The van der Waals surface area contributed by atoms with Crippen molar-refractivity contribution in [2.24, 2.45) is 5.92 Å². The number of hydrogen-bond donors (Lipinski definition) is 0. The van der Waals surface area contributed by atoms with Crippen LogP contribution in [0.2, 0.25) is 0 Å². The average Bonchev–Trinajstić information content (AvgIpc) is 2.03. The number of rotatable bonds is 3. The van der Waals surface area contributed by atoms with Crippen molar-refractivity contribution in [1.82, 2.24) is 0 Å². The van der Waals surface area contributed by atoms with Gasteiger partial charge in [-0.15, -0.1) is 0 Å². The molecule has 0 heterocycles. The predicted molar refractivity (Wildman–Crippen MR) is 52.9 cm³/mol. The van der Waals surface area contributed by atoms with Gasteiger partial charge in [-0.25, -0.2) is 0 Å². The topological polar surface area (TPSA) is 0 Å². The van der Waals surface area contributed by atoms with E-state index in [2.05, 4.69) is 45.0 Å². The van der Waals surface area contributed by atoms with Crippen molar-refractivity contribution in [2.45, 2.75) is 26.7 Å². The van der Waals surface area contributed by atoms with Crippen LogP contribution in [0.1, 0.15) is 25.0 Å². The van der Waals surface area contributed by atoms with Gasteiger partial charge in [0.2, 0.25) is 0 Å². The molecule has 0 nitrogen and oxygen atoms in total. The summed E-state index contributed by atoms with van der Waals surface area (Å²) in [6.45, 7) is 8.30. The van der Waals surface area contributed by atoms with Gasteiger partial charge in [-0.1, -0.05) is 13.8 Å². The fourth-order valence-corrected chi connectivity index (χ4v) is 1.27. The molecule has 0 spiro atoms. The predicted octanol–water partition coefficient (Wildman–Crippen LogP) is 3.06. The van der Waals surface area contributed by atoms with Gasteiger partial charge in [0.25, 0.3) is 0 Å². The molecule has 0 amide bonds. The van der Waals surface area contributed by atoms with Crippen LogP contribution in [0.15, 0.2) is 18.2 Å². The van der Waals surface area contributed by atoms with Gasteiger partial charge < -0.3 is 6.92 Å². The van der Waals surface area contributed by atoms with E-state index in [1.165, 1.54) is 11.1 Å². The molecule has 0 saturated heterocycles. The molecule has 0 saturated carbocycles. The normalized spacial score (nSPS) is 9.85. The molecule has 69 valence electrons. The summed E-state index contributed by atoms with van der Waals surface area (Å²) in [7, 11) is 0. The van der Waals surface area contributed by atoms with Crippen LogP contribution in [0.4, 0.5) is 0 Å². The van der Waals surface area contributed by atoms with Crippen molar-refractivity contribution < 1.29 is 32.7 Å². The van der Waals surface area contributed by atoms with E-state index < -0.39 is 0 Å². The van der Waals surface area contributed by atoms with Crippen molar-refractivity contribution >= 4 is 0 Å². The van der Waals surface area contributed by atoms with Crippen LogP contribution in [0.5, 0.6) is 0 Å². The Morgan fingerprint density at radius 1 is 1.31 bits per heavy atom. The molecule has 1 aromatic rings. The quantitative estimate of drug-likeness (QED) is 0.722. The molecule has 0 unspecified atom stereocenters. The molecular weight excluding hydrogens is 233 g/mol. The van der Waals surface area contributed by atoms with Crippen molar-refractivity contribution in [2.75, 3.05) is 0 Å². The third kappa shape index (κ3) is 4.93. The first-order valence-corrected chi connectivity index (χ1v) is 4.51. The van der Waals surface area contributed by atoms with Crippen molar-refractivity contribution in [3.05, 3.63) is 42.3 Å². The third-order valence-corrected chi connectivity index (χ3v) is 1.81. The molecule has 1 rings (SSSR count). The molecule has 1 radical (unpaired) electrons. The van der Waals surface area contributed by atoms with Gasteiger partial charge in [-0.2, -0.15) is 41.8 Å². The van der Waals surface area contributed by atoms with Crippen molar-refractivity contribution in [3.63, 3.8) is 0 Å². The summed E-state index contributed by atoms with van der Waals surface area (Å²) in [4.78, 5) is 0. The van der Waals surface area contributed by atoms with E-state index in [4.69, 9.17) is 0 Å². The fourth-order valence-electron chi connectivity index (χ4n) is 1.27. The number of benzene rings is 1. The van der Waals surface area contributed by atoms with Crippen LogP contribution in [0.3, 0.4) is 0 Å². The minimum atomic E-state index is 0. The standard InChI is InChI=1S/C12H16.Y/c1-4-11-6-5-7-12(9-11)8-10(2)3;/h5-7,10H,1,4,8H2,2-3H3;/q-2;. The van der Waals surface area contributed by atoms with E-state index in [0.717, 1.165) is 12.8 Å². The van der Waals surface area contributed by atoms with Crippen LogP contribution in [0, 0.1) is 18.9 Å². The zero-order chi connectivity index (χ0) is 8.97. The van der Waals surface area contributed by atoms with E-state index in [0.29, 0.717) is 5.92 Å². The van der Waals surface area contributed by atoms with Gasteiger partial charge in [0.15, 0.2) is 0 Å². The first-order chi connectivity index (χ1) is 5.72. The van der Waals surface area contributed by atoms with Gasteiger partial charge in [0.05, 0.1) is 0 Å². The fraction of sp³-hybridized carbons (Fsp3) is 0.417. The maximum Gasteiger partial charge on any atom is 0 e. The first-order valence-electron chi connectivity index (χ1n) is 4.51. The molecule has 0 aromatic heterocycles. The monoisotopic (exact) mass is 249 g/mol. The minimum absolute atomic E-state index is 0. The second kappa shape index (κ2) is 6.73. The van der Waals surface area contributed by atoms with Crippen LogP contribution < -0.4 is 0 Å². The Bertz CT molecular complexity index is 241. The Hall–Kier alpha value is 0.324. The minimum Gasteiger partial charge on any atom is -0.341 e. The summed E-state index contributed by atoms with van der Waals surface area (Å²) >= 11 is 0. The number of hydrogen-bond acceptors (Lipinski definition) is 0. The molecule has 0 aliphatic rings. The van der Waals surface area contributed by atoms with Gasteiger partial charge in [0.1, 0.15) is 0 Å². The van der Waals surface area contributed by atoms with Crippen molar-refractivity contribution in [1.29, 1.82) is 0 Å². The third-order valence-electron chi connectivity index (χ3n) is 1.81. The second-order valence-corrected chi connectivity index (χ2v) is 3.55. The first kappa shape index (κ1) is 13.3. The molecule has 0 atom stereocenters. The van der Waals surface area contributed by atoms with E-state index in [-0.39, 0.29) is 32.7 Å². The van der Waals surface area contributed by atoms with Crippen LogP contribution in [0.25, 0.3) is 0 Å². The summed E-state index contributed by atoms with van der Waals surface area (Å²) in [6.07, 6.45) is 1.96. The molecule has 0 N–H and O–H groups in total. The van der Waals surface area contributed by atoms with Crippen molar-refractivity contribution in [3.8, 4) is 0 Å². The zero-order valence-corrected chi connectivity index (χ0v) is 11.3. The molecular formula is C12H16Y-2. The second-order valence-electron chi connectivity index (χ2n) is 3.55. The Balaban J connectivity index is 0.00000144. The van der Waals surface area contributed by atoms with E-state index in [1.54, 1.807) is 0 Å². The summed E-state index contributed by atoms with van der Waals surface area (Å²) in [5, 5.41) is 0. The summed E-state index contributed by atoms with van der Waals surface area (Å²) in [6, 6.07) is 9.67. The van der Waals surface area contributed by atoms with E-state index in [1.807, 2.05) is 0 Å². The summed E-state index contributed by atoms with van der Waals surface area (Å²) in [5.74, 6) is 0.710. The Morgan fingerprint density at radius 3 is 2.46 bits per heavy atom. The Morgan fingerprint density at radius 2 is 1.92 bits per heavy atom. The summed E-state index contributed by atoms with van der Waals surface area (Å²) < 4.78 is 0. The van der Waals surface area contributed by atoms with Crippen LogP contribution >= 0.6 is 0 Å². The molecule has 0 fully saturated rings. The van der Waals surface area contributed by atoms with E-state index >= 15 is 0 Å². The molecule has 0 aliphatic carbocycles. The molecule has 0 aliphatic heterocycles. The van der Waals surface area contributed by atoms with Gasteiger partial charge in [0, 0.05) is 32.7 Å². The summed E-state index contributed by atoms with van der Waals surface area (Å²) in [5.41, 5.74) is 2.53. The Labute approximate surface area is 107 Å². The molecule has 1 aromatic carbocycles.